The van der Waals surface area contributed by atoms with Crippen LogP contribution in [0.15, 0.2) is 164 Å². The summed E-state index contributed by atoms with van der Waals surface area (Å²) in [5.41, 5.74) is 11.5. The second kappa shape index (κ2) is 10.4. The van der Waals surface area contributed by atoms with E-state index in [1.807, 2.05) is 18.2 Å². The van der Waals surface area contributed by atoms with Crippen molar-refractivity contribution in [2.45, 2.75) is 0 Å². The van der Waals surface area contributed by atoms with E-state index in [0.717, 1.165) is 44.7 Å². The molecule has 0 radical (unpaired) electrons. The lowest BCUT2D eigenvalue weighted by Gasteiger charge is -2.20. The Bertz CT molecular complexity index is 2560. The molecule has 0 saturated heterocycles. The first kappa shape index (κ1) is 26.1. The summed E-state index contributed by atoms with van der Waals surface area (Å²) in [6.45, 7) is 0. The van der Waals surface area contributed by atoms with Crippen molar-refractivity contribution in [3.8, 4) is 39.7 Å². The summed E-state index contributed by atoms with van der Waals surface area (Å²) in [7, 11) is 0. The van der Waals surface area contributed by atoms with Crippen LogP contribution in [0.3, 0.4) is 0 Å². The summed E-state index contributed by atoms with van der Waals surface area (Å²) in [4.78, 5) is 0. The second-order valence-electron chi connectivity index (χ2n) is 11.6. The van der Waals surface area contributed by atoms with Gasteiger partial charge in [0.2, 0.25) is 0 Å². The van der Waals surface area contributed by atoms with Crippen molar-refractivity contribution >= 4 is 43.6 Å². The smallest absolute Gasteiger partial charge is 0.0998 e. The Hall–Kier alpha value is -6.37. The lowest BCUT2D eigenvalue weighted by Crippen LogP contribution is -2.01. The maximum atomic E-state index is 10.3. The highest BCUT2D eigenvalue weighted by molar-refractivity contribution is 6.11. The molecule has 0 spiro atoms. The van der Waals surface area contributed by atoms with Gasteiger partial charge in [0, 0.05) is 38.4 Å². The minimum atomic E-state index is 0.649. The number of hydrogen-bond donors (Lipinski definition) is 0. The van der Waals surface area contributed by atoms with Crippen molar-refractivity contribution in [1.29, 1.82) is 5.26 Å². The minimum Gasteiger partial charge on any atom is -0.309 e. The summed E-state index contributed by atoms with van der Waals surface area (Å²) in [5, 5.41) is 15.2. The molecule has 0 aliphatic heterocycles. The van der Waals surface area contributed by atoms with E-state index in [2.05, 4.69) is 161 Å². The predicted octanol–water partition coefficient (Wildman–Crippen LogP) is 11.1. The van der Waals surface area contributed by atoms with Crippen LogP contribution in [-0.4, -0.2) is 9.13 Å². The van der Waals surface area contributed by atoms with Gasteiger partial charge in [0.15, 0.2) is 0 Å². The Morgan fingerprint density at radius 3 is 1.48 bits per heavy atom. The summed E-state index contributed by atoms with van der Waals surface area (Å²) < 4.78 is 4.71. The van der Waals surface area contributed by atoms with Gasteiger partial charge < -0.3 is 9.13 Å². The van der Waals surface area contributed by atoms with Gasteiger partial charge in [0.05, 0.1) is 39.4 Å². The molecule has 214 valence electrons. The molecule has 0 saturated carbocycles. The minimum absolute atomic E-state index is 0.649. The maximum absolute atomic E-state index is 10.3. The SMILES string of the molecule is N#Cc1ccccc1-c1c(-c2cccc(-n3c4ccccc4c4ccccc43)c2)cccc1-n1c2ccccc2c2ccccc21. The second-order valence-corrected chi connectivity index (χ2v) is 11.6. The van der Waals surface area contributed by atoms with E-state index in [-0.39, 0.29) is 0 Å². The van der Waals surface area contributed by atoms with Crippen LogP contribution in [0, 0.1) is 11.3 Å². The lowest BCUT2D eigenvalue weighted by atomic mass is 9.90. The Kier molecular flexibility index (Phi) is 5.88. The van der Waals surface area contributed by atoms with Crippen LogP contribution in [0.5, 0.6) is 0 Å². The summed E-state index contributed by atoms with van der Waals surface area (Å²) in [6.07, 6.45) is 0. The molecule has 0 N–H and O–H groups in total. The van der Waals surface area contributed by atoms with Gasteiger partial charge in [-0.1, -0.05) is 115 Å². The van der Waals surface area contributed by atoms with Crippen LogP contribution in [0.1, 0.15) is 5.56 Å². The van der Waals surface area contributed by atoms with Crippen molar-refractivity contribution in [2.24, 2.45) is 0 Å². The molecule has 2 aromatic heterocycles. The third-order valence-corrected chi connectivity index (χ3v) is 9.18. The van der Waals surface area contributed by atoms with Crippen LogP contribution in [0.2, 0.25) is 0 Å². The number of hydrogen-bond acceptors (Lipinski definition) is 1. The van der Waals surface area contributed by atoms with E-state index in [1.54, 1.807) is 0 Å². The van der Waals surface area contributed by atoms with Crippen molar-refractivity contribution in [1.82, 2.24) is 9.13 Å². The van der Waals surface area contributed by atoms with Gasteiger partial charge in [0.1, 0.15) is 0 Å². The van der Waals surface area contributed by atoms with E-state index in [4.69, 9.17) is 0 Å². The number of para-hydroxylation sites is 4. The van der Waals surface area contributed by atoms with E-state index in [1.165, 1.54) is 32.6 Å². The number of nitriles is 1. The molecule has 0 amide bonds. The predicted molar refractivity (Wildman–Crippen MR) is 191 cm³/mol. The van der Waals surface area contributed by atoms with E-state index >= 15 is 0 Å². The zero-order valence-corrected chi connectivity index (χ0v) is 24.9. The Labute approximate surface area is 266 Å². The van der Waals surface area contributed by atoms with Crippen LogP contribution >= 0.6 is 0 Å². The number of benzene rings is 7. The van der Waals surface area contributed by atoms with Gasteiger partial charge in [0.25, 0.3) is 0 Å². The van der Waals surface area contributed by atoms with Gasteiger partial charge in [-0.05, 0) is 59.7 Å². The average molecular weight is 586 g/mol. The van der Waals surface area contributed by atoms with E-state index in [0.29, 0.717) is 5.56 Å². The highest BCUT2D eigenvalue weighted by atomic mass is 15.0. The molecule has 0 atom stereocenters. The number of aromatic nitrogens is 2. The largest absolute Gasteiger partial charge is 0.309 e. The molecule has 7 aromatic carbocycles. The molecule has 0 aliphatic carbocycles. The topological polar surface area (TPSA) is 33.6 Å². The van der Waals surface area contributed by atoms with Gasteiger partial charge in [-0.25, -0.2) is 0 Å². The van der Waals surface area contributed by atoms with Gasteiger partial charge >= 0.3 is 0 Å². The molecule has 3 nitrogen and oxygen atoms in total. The fourth-order valence-electron chi connectivity index (χ4n) is 7.24. The quantitative estimate of drug-likeness (QED) is 0.202. The van der Waals surface area contributed by atoms with Crippen molar-refractivity contribution in [2.75, 3.05) is 0 Å². The maximum Gasteiger partial charge on any atom is 0.0998 e. The summed E-state index contributed by atoms with van der Waals surface area (Å²) in [6, 6.07) is 60.1. The molecule has 0 fully saturated rings. The molecule has 9 rings (SSSR count). The molecule has 2 heterocycles. The Morgan fingerprint density at radius 1 is 0.413 bits per heavy atom. The number of nitrogens with zero attached hydrogens (tertiary/aromatic N) is 3. The fourth-order valence-corrected chi connectivity index (χ4v) is 7.24. The van der Waals surface area contributed by atoms with Gasteiger partial charge in [-0.2, -0.15) is 5.26 Å². The normalized spacial score (nSPS) is 11.5. The molecule has 9 aromatic rings. The fraction of sp³-hybridized carbons (Fsp3) is 0. The van der Waals surface area contributed by atoms with Crippen molar-refractivity contribution in [3.05, 3.63) is 169 Å². The van der Waals surface area contributed by atoms with Crippen molar-refractivity contribution in [3.63, 3.8) is 0 Å². The highest BCUT2D eigenvalue weighted by Crippen LogP contribution is 2.43. The first-order valence-electron chi connectivity index (χ1n) is 15.5. The number of rotatable bonds is 4. The molecule has 0 aliphatic rings. The van der Waals surface area contributed by atoms with Gasteiger partial charge in [-0.3, -0.25) is 0 Å². The molecule has 3 heteroatoms. The summed E-state index contributed by atoms with van der Waals surface area (Å²) >= 11 is 0. The molecular formula is C43H27N3. The third kappa shape index (κ3) is 3.84. The Morgan fingerprint density at radius 2 is 0.891 bits per heavy atom. The highest BCUT2D eigenvalue weighted by Gasteiger charge is 2.21. The van der Waals surface area contributed by atoms with E-state index < -0.39 is 0 Å². The molecular weight excluding hydrogens is 558 g/mol. The zero-order valence-electron chi connectivity index (χ0n) is 24.9. The van der Waals surface area contributed by atoms with Crippen LogP contribution in [0.4, 0.5) is 0 Å². The third-order valence-electron chi connectivity index (χ3n) is 9.18. The first-order chi connectivity index (χ1) is 22.8. The van der Waals surface area contributed by atoms with Crippen LogP contribution in [0.25, 0.3) is 77.2 Å². The standard InChI is InChI=1S/C43H27N3/c44-28-30-13-1-2-16-33(30)43-32(21-12-26-42(43)46-40-24-9-5-19-36(40)37-20-6-10-25-41(37)46)29-14-11-15-31(27-29)45-38-22-7-3-17-34(38)35-18-4-8-23-39(35)45/h1-27H. The molecule has 0 unspecified atom stereocenters. The van der Waals surface area contributed by atoms with E-state index in [9.17, 15) is 5.26 Å². The van der Waals surface area contributed by atoms with Crippen LogP contribution < -0.4 is 0 Å². The molecule has 46 heavy (non-hydrogen) atoms. The summed E-state index contributed by atoms with van der Waals surface area (Å²) in [5.74, 6) is 0. The monoisotopic (exact) mass is 585 g/mol. The lowest BCUT2D eigenvalue weighted by molar-refractivity contribution is 1.17. The van der Waals surface area contributed by atoms with Crippen molar-refractivity contribution < 1.29 is 0 Å². The van der Waals surface area contributed by atoms with Gasteiger partial charge in [-0.15, -0.1) is 0 Å². The average Bonchev–Trinajstić information content (AvgIpc) is 3.64. The zero-order chi connectivity index (χ0) is 30.6. The first-order valence-corrected chi connectivity index (χ1v) is 15.5. The molecule has 0 bridgehead atoms. The Balaban J connectivity index is 1.36. The van der Waals surface area contributed by atoms with Crippen LogP contribution in [-0.2, 0) is 0 Å². The number of fused-ring (bicyclic) bond motifs is 6.